The molecule has 1 aliphatic rings. The number of aromatic nitrogens is 1. The quantitative estimate of drug-likeness (QED) is 0.802. The second kappa shape index (κ2) is 4.28. The van der Waals surface area contributed by atoms with Crippen molar-refractivity contribution in [1.82, 2.24) is 10.3 Å². The minimum Gasteiger partial charge on any atom is -0.315 e. The van der Waals surface area contributed by atoms with Crippen LogP contribution in [0.2, 0.25) is 0 Å². The van der Waals surface area contributed by atoms with E-state index in [1.165, 1.54) is 12.4 Å². The van der Waals surface area contributed by atoms with Crippen molar-refractivity contribution in [1.29, 1.82) is 0 Å². The van der Waals surface area contributed by atoms with Crippen LogP contribution in [0.4, 0.5) is 0 Å². The number of nitrogens with zero attached hydrogens (tertiary/aromatic N) is 1. The zero-order valence-electron chi connectivity index (χ0n) is 8.39. The van der Waals surface area contributed by atoms with Crippen molar-refractivity contribution < 1.29 is 8.42 Å². The van der Waals surface area contributed by atoms with Gasteiger partial charge in [0.2, 0.25) is 0 Å². The van der Waals surface area contributed by atoms with Gasteiger partial charge in [-0.1, -0.05) is 0 Å². The normalized spacial score (nSPS) is 22.5. The SMILES string of the molecule is O=S(=O)(c1ccncc1)[C@H]1CCCNC1. The van der Waals surface area contributed by atoms with E-state index >= 15 is 0 Å². The predicted octanol–water partition coefficient (Wildman–Crippen LogP) is 0.607. The maximum Gasteiger partial charge on any atom is 0.182 e. The van der Waals surface area contributed by atoms with Crippen LogP contribution in [0.15, 0.2) is 29.4 Å². The van der Waals surface area contributed by atoms with Gasteiger partial charge in [0.15, 0.2) is 9.84 Å². The molecule has 1 aromatic rings. The Hall–Kier alpha value is -0.940. The van der Waals surface area contributed by atoms with Gasteiger partial charge in [0.25, 0.3) is 0 Å². The summed E-state index contributed by atoms with van der Waals surface area (Å²) >= 11 is 0. The summed E-state index contributed by atoms with van der Waals surface area (Å²) in [4.78, 5) is 4.20. The van der Waals surface area contributed by atoms with Crippen molar-refractivity contribution in [2.24, 2.45) is 0 Å². The molecule has 82 valence electrons. The molecule has 1 atom stereocenters. The van der Waals surface area contributed by atoms with Gasteiger partial charge in [-0.25, -0.2) is 8.42 Å². The molecule has 0 radical (unpaired) electrons. The standard InChI is InChI=1S/C10H14N2O2S/c13-15(14,9-3-6-11-7-4-9)10-2-1-5-12-8-10/h3-4,6-7,10,12H,1-2,5,8H2/t10-/m0/s1. The topological polar surface area (TPSA) is 59.1 Å². The van der Waals surface area contributed by atoms with Crippen LogP contribution in [0.25, 0.3) is 0 Å². The monoisotopic (exact) mass is 226 g/mol. The van der Waals surface area contributed by atoms with Crippen LogP contribution in [-0.2, 0) is 9.84 Å². The number of sulfone groups is 1. The van der Waals surface area contributed by atoms with Gasteiger partial charge >= 0.3 is 0 Å². The van der Waals surface area contributed by atoms with Crippen molar-refractivity contribution >= 4 is 9.84 Å². The maximum absolute atomic E-state index is 12.1. The molecule has 4 nitrogen and oxygen atoms in total. The Morgan fingerprint density at radius 1 is 1.33 bits per heavy atom. The lowest BCUT2D eigenvalue weighted by Gasteiger charge is -2.22. The first-order valence-corrected chi connectivity index (χ1v) is 6.60. The number of hydrogen-bond acceptors (Lipinski definition) is 4. The van der Waals surface area contributed by atoms with E-state index in [2.05, 4.69) is 10.3 Å². The summed E-state index contributed by atoms with van der Waals surface area (Å²) in [5, 5.41) is 2.83. The molecular formula is C10H14N2O2S. The lowest BCUT2D eigenvalue weighted by Crippen LogP contribution is -2.38. The predicted molar refractivity (Wildman–Crippen MR) is 57.3 cm³/mol. The highest BCUT2D eigenvalue weighted by molar-refractivity contribution is 7.92. The Labute approximate surface area is 89.6 Å². The summed E-state index contributed by atoms with van der Waals surface area (Å²) in [6, 6.07) is 3.12. The highest BCUT2D eigenvalue weighted by atomic mass is 32.2. The number of piperidine rings is 1. The van der Waals surface area contributed by atoms with Crippen LogP contribution in [0, 0.1) is 0 Å². The Morgan fingerprint density at radius 3 is 2.67 bits per heavy atom. The molecule has 0 aromatic carbocycles. The third-order valence-corrected chi connectivity index (χ3v) is 4.88. The largest absolute Gasteiger partial charge is 0.315 e. The fourth-order valence-electron chi connectivity index (χ4n) is 1.81. The van der Waals surface area contributed by atoms with Crippen LogP contribution in [0.1, 0.15) is 12.8 Å². The highest BCUT2D eigenvalue weighted by Crippen LogP contribution is 2.19. The molecule has 0 aliphatic carbocycles. The van der Waals surface area contributed by atoms with Crippen molar-refractivity contribution in [3.63, 3.8) is 0 Å². The van der Waals surface area contributed by atoms with Gasteiger partial charge in [0.05, 0.1) is 10.1 Å². The summed E-state index contributed by atoms with van der Waals surface area (Å²) in [5.74, 6) is 0. The first-order valence-electron chi connectivity index (χ1n) is 5.06. The number of rotatable bonds is 2. The van der Waals surface area contributed by atoms with E-state index in [0.717, 1.165) is 19.4 Å². The third-order valence-electron chi connectivity index (χ3n) is 2.67. The average molecular weight is 226 g/mol. The smallest absolute Gasteiger partial charge is 0.182 e. The lowest BCUT2D eigenvalue weighted by atomic mass is 10.2. The first kappa shape index (κ1) is 10.6. The molecule has 0 bridgehead atoms. The molecule has 2 rings (SSSR count). The molecule has 1 aromatic heterocycles. The van der Waals surface area contributed by atoms with Gasteiger partial charge in [-0.15, -0.1) is 0 Å². The van der Waals surface area contributed by atoms with Crippen LogP contribution in [0.5, 0.6) is 0 Å². The summed E-state index contributed by atoms with van der Waals surface area (Å²) in [6.07, 6.45) is 4.71. The fourth-order valence-corrected chi connectivity index (χ4v) is 3.51. The summed E-state index contributed by atoms with van der Waals surface area (Å²) in [7, 11) is -3.16. The van der Waals surface area contributed by atoms with E-state index in [1.807, 2.05) is 0 Å². The molecule has 15 heavy (non-hydrogen) atoms. The van der Waals surface area contributed by atoms with Gasteiger partial charge < -0.3 is 5.32 Å². The van der Waals surface area contributed by atoms with Crippen LogP contribution < -0.4 is 5.32 Å². The minimum absolute atomic E-state index is 0.284. The molecule has 0 saturated carbocycles. The zero-order valence-corrected chi connectivity index (χ0v) is 9.20. The zero-order chi connectivity index (χ0) is 10.7. The molecule has 1 fully saturated rings. The fraction of sp³-hybridized carbons (Fsp3) is 0.500. The van der Waals surface area contributed by atoms with Crippen LogP contribution >= 0.6 is 0 Å². The molecule has 2 heterocycles. The van der Waals surface area contributed by atoms with E-state index in [-0.39, 0.29) is 5.25 Å². The summed E-state index contributed by atoms with van der Waals surface area (Å²) in [5.41, 5.74) is 0. The number of nitrogens with one attached hydrogen (secondary N) is 1. The van der Waals surface area contributed by atoms with Gasteiger partial charge in [-0.05, 0) is 31.5 Å². The van der Waals surface area contributed by atoms with Crippen molar-refractivity contribution in [2.45, 2.75) is 23.0 Å². The second-order valence-electron chi connectivity index (χ2n) is 3.70. The van der Waals surface area contributed by atoms with E-state index in [1.54, 1.807) is 12.1 Å². The van der Waals surface area contributed by atoms with E-state index < -0.39 is 9.84 Å². The molecule has 0 amide bonds. The van der Waals surface area contributed by atoms with Crippen LogP contribution in [0.3, 0.4) is 0 Å². The molecule has 1 N–H and O–H groups in total. The molecule has 5 heteroatoms. The molecule has 1 aliphatic heterocycles. The van der Waals surface area contributed by atoms with Gasteiger partial charge in [0.1, 0.15) is 0 Å². The van der Waals surface area contributed by atoms with Gasteiger partial charge in [-0.2, -0.15) is 0 Å². The van der Waals surface area contributed by atoms with Gasteiger partial charge in [0, 0.05) is 18.9 Å². The van der Waals surface area contributed by atoms with Crippen molar-refractivity contribution in [3.8, 4) is 0 Å². The van der Waals surface area contributed by atoms with Crippen molar-refractivity contribution in [3.05, 3.63) is 24.5 Å². The van der Waals surface area contributed by atoms with E-state index in [4.69, 9.17) is 0 Å². The van der Waals surface area contributed by atoms with Crippen molar-refractivity contribution in [2.75, 3.05) is 13.1 Å². The Bertz CT molecular complexity index is 410. The molecule has 0 spiro atoms. The first-order chi connectivity index (χ1) is 7.21. The lowest BCUT2D eigenvalue weighted by molar-refractivity contribution is 0.497. The van der Waals surface area contributed by atoms with Crippen LogP contribution in [-0.4, -0.2) is 31.7 Å². The Balaban J connectivity index is 2.26. The second-order valence-corrected chi connectivity index (χ2v) is 5.92. The number of hydrogen-bond donors (Lipinski definition) is 1. The Kier molecular flexibility index (Phi) is 3.02. The Morgan fingerprint density at radius 2 is 2.07 bits per heavy atom. The third kappa shape index (κ3) is 2.18. The molecule has 0 unspecified atom stereocenters. The summed E-state index contributed by atoms with van der Waals surface area (Å²) < 4.78 is 24.2. The molecular weight excluding hydrogens is 212 g/mol. The van der Waals surface area contributed by atoms with E-state index in [9.17, 15) is 8.42 Å². The molecule has 1 saturated heterocycles. The van der Waals surface area contributed by atoms with Gasteiger partial charge in [-0.3, -0.25) is 4.98 Å². The minimum atomic E-state index is -3.16. The number of pyridine rings is 1. The summed E-state index contributed by atoms with van der Waals surface area (Å²) in [6.45, 7) is 1.48. The maximum atomic E-state index is 12.1. The highest BCUT2D eigenvalue weighted by Gasteiger charge is 2.28. The average Bonchev–Trinajstić information content (AvgIpc) is 2.31. The van der Waals surface area contributed by atoms with E-state index in [0.29, 0.717) is 11.4 Å².